The molecule has 0 aliphatic rings. The van der Waals surface area contributed by atoms with Gasteiger partial charge in [-0.05, 0) is 17.9 Å². The number of carboxylic acid groups (broad SMARTS) is 1. The Kier molecular flexibility index (Phi) is 4.04. The zero-order valence-electron chi connectivity index (χ0n) is 9.53. The lowest BCUT2D eigenvalue weighted by Gasteiger charge is -2.09. The monoisotopic (exact) mass is 257 g/mol. The summed E-state index contributed by atoms with van der Waals surface area (Å²) in [6.07, 6.45) is 0.754. The second kappa shape index (κ2) is 4.93. The molecule has 0 unspecified atom stereocenters. The van der Waals surface area contributed by atoms with E-state index in [4.69, 9.17) is 23.1 Å². The van der Waals surface area contributed by atoms with Crippen LogP contribution >= 0.6 is 23.6 Å². The predicted octanol–water partition coefficient (Wildman–Crippen LogP) is 2.77. The highest BCUT2D eigenvalue weighted by Gasteiger charge is 2.24. The van der Waals surface area contributed by atoms with Crippen LogP contribution in [0.5, 0.6) is 0 Å². The number of rotatable bonds is 4. The van der Waals surface area contributed by atoms with Crippen molar-refractivity contribution in [2.24, 2.45) is 5.73 Å². The largest absolute Gasteiger partial charge is 0.477 e. The minimum Gasteiger partial charge on any atom is -0.477 e. The van der Waals surface area contributed by atoms with Crippen molar-refractivity contribution in [1.82, 2.24) is 0 Å². The van der Waals surface area contributed by atoms with Crippen LogP contribution in [0.1, 0.15) is 52.4 Å². The molecule has 1 aromatic heterocycles. The van der Waals surface area contributed by atoms with E-state index in [9.17, 15) is 4.79 Å². The van der Waals surface area contributed by atoms with Gasteiger partial charge in [-0.3, -0.25) is 0 Å². The van der Waals surface area contributed by atoms with E-state index in [1.54, 1.807) is 0 Å². The first-order valence-electron chi connectivity index (χ1n) is 5.08. The molecule has 5 heteroatoms. The van der Waals surface area contributed by atoms with Crippen molar-refractivity contribution in [1.29, 1.82) is 0 Å². The van der Waals surface area contributed by atoms with Gasteiger partial charge in [0.25, 0.3) is 0 Å². The van der Waals surface area contributed by atoms with Crippen molar-refractivity contribution in [3.63, 3.8) is 0 Å². The Balaban J connectivity index is 3.54. The number of thiocarbonyl (C=S) groups is 1. The maximum Gasteiger partial charge on any atom is 0.346 e. The molecule has 3 nitrogen and oxygen atoms in total. The van der Waals surface area contributed by atoms with E-state index in [0.29, 0.717) is 9.87 Å². The molecular formula is C11H15NO2S2. The minimum absolute atomic E-state index is 0.110. The van der Waals surface area contributed by atoms with Crippen molar-refractivity contribution in [2.75, 3.05) is 0 Å². The lowest BCUT2D eigenvalue weighted by molar-refractivity contribution is 0.0700. The number of hydrogen-bond donors (Lipinski definition) is 2. The number of aryl methyl sites for hydroxylation is 1. The summed E-state index contributed by atoms with van der Waals surface area (Å²) < 4.78 is 0. The summed E-state index contributed by atoms with van der Waals surface area (Å²) in [5.41, 5.74) is 7.24. The Morgan fingerprint density at radius 1 is 1.56 bits per heavy atom. The lowest BCUT2D eigenvalue weighted by Crippen LogP contribution is -2.14. The van der Waals surface area contributed by atoms with Crippen LogP contribution in [0.25, 0.3) is 0 Å². The lowest BCUT2D eigenvalue weighted by atomic mass is 9.97. The van der Waals surface area contributed by atoms with Gasteiger partial charge < -0.3 is 10.8 Å². The number of aromatic carboxylic acids is 1. The van der Waals surface area contributed by atoms with E-state index >= 15 is 0 Å². The van der Waals surface area contributed by atoms with Crippen molar-refractivity contribution in [3.8, 4) is 0 Å². The Labute approximate surface area is 104 Å². The highest BCUT2D eigenvalue weighted by molar-refractivity contribution is 7.80. The van der Waals surface area contributed by atoms with Crippen molar-refractivity contribution in [3.05, 3.63) is 20.9 Å². The van der Waals surface area contributed by atoms with E-state index in [0.717, 1.165) is 22.4 Å². The van der Waals surface area contributed by atoms with Crippen LogP contribution in [0, 0.1) is 0 Å². The molecule has 0 bridgehead atoms. The molecule has 0 saturated heterocycles. The van der Waals surface area contributed by atoms with Gasteiger partial charge >= 0.3 is 5.97 Å². The van der Waals surface area contributed by atoms with E-state index < -0.39 is 5.97 Å². The van der Waals surface area contributed by atoms with Gasteiger partial charge in [0.15, 0.2) is 0 Å². The molecule has 3 N–H and O–H groups in total. The SMILES string of the molecule is CCc1sc(C(=O)O)c(C(C)C)c1C(N)=S. The third-order valence-electron chi connectivity index (χ3n) is 2.36. The van der Waals surface area contributed by atoms with Crippen LogP contribution in [-0.4, -0.2) is 16.1 Å². The Morgan fingerprint density at radius 2 is 2.12 bits per heavy atom. The smallest absolute Gasteiger partial charge is 0.346 e. The molecule has 0 aliphatic heterocycles. The highest BCUT2D eigenvalue weighted by Crippen LogP contribution is 2.34. The first-order chi connectivity index (χ1) is 7.40. The van der Waals surface area contributed by atoms with Gasteiger partial charge in [-0.25, -0.2) is 4.79 Å². The summed E-state index contributed by atoms with van der Waals surface area (Å²) in [6, 6.07) is 0. The van der Waals surface area contributed by atoms with E-state index in [2.05, 4.69) is 0 Å². The molecule has 0 aromatic carbocycles. The zero-order valence-corrected chi connectivity index (χ0v) is 11.2. The van der Waals surface area contributed by atoms with E-state index in [1.807, 2.05) is 20.8 Å². The molecule has 0 spiro atoms. The van der Waals surface area contributed by atoms with Crippen LogP contribution in [0.4, 0.5) is 0 Å². The standard InChI is InChI=1S/C11H15NO2S2/c1-4-6-8(10(12)15)7(5(2)3)9(16-6)11(13)14/h5H,4H2,1-3H3,(H2,12,15)(H,13,14). The quantitative estimate of drug-likeness (QED) is 0.814. The summed E-state index contributed by atoms with van der Waals surface area (Å²) in [5, 5.41) is 9.16. The summed E-state index contributed by atoms with van der Waals surface area (Å²) in [4.78, 5) is 12.8. The molecule has 1 aromatic rings. The molecule has 0 fully saturated rings. The topological polar surface area (TPSA) is 63.3 Å². The average Bonchev–Trinajstić information content (AvgIpc) is 2.56. The number of thiophene rings is 1. The zero-order chi connectivity index (χ0) is 12.5. The number of nitrogens with two attached hydrogens (primary N) is 1. The van der Waals surface area contributed by atoms with Gasteiger partial charge in [0.1, 0.15) is 9.87 Å². The predicted molar refractivity (Wildman–Crippen MR) is 70.6 cm³/mol. The number of carbonyl (C=O) groups is 1. The fraction of sp³-hybridized carbons (Fsp3) is 0.455. The van der Waals surface area contributed by atoms with Crippen LogP contribution in [0.2, 0.25) is 0 Å². The highest BCUT2D eigenvalue weighted by atomic mass is 32.1. The van der Waals surface area contributed by atoms with Crippen LogP contribution in [-0.2, 0) is 6.42 Å². The van der Waals surface area contributed by atoms with Crippen LogP contribution in [0.15, 0.2) is 0 Å². The number of hydrogen-bond acceptors (Lipinski definition) is 3. The fourth-order valence-electron chi connectivity index (χ4n) is 1.72. The molecule has 0 aliphatic carbocycles. The molecule has 88 valence electrons. The molecular weight excluding hydrogens is 242 g/mol. The molecule has 1 rings (SSSR count). The Morgan fingerprint density at radius 3 is 2.44 bits per heavy atom. The molecule has 0 saturated carbocycles. The Hall–Kier alpha value is -0.940. The van der Waals surface area contributed by atoms with Crippen LogP contribution in [0.3, 0.4) is 0 Å². The van der Waals surface area contributed by atoms with Gasteiger partial charge in [0, 0.05) is 10.4 Å². The van der Waals surface area contributed by atoms with Gasteiger partial charge in [-0.1, -0.05) is 33.0 Å². The second-order valence-corrected chi connectivity index (χ2v) is 5.37. The average molecular weight is 257 g/mol. The second-order valence-electron chi connectivity index (χ2n) is 3.82. The van der Waals surface area contributed by atoms with E-state index in [-0.39, 0.29) is 5.92 Å². The van der Waals surface area contributed by atoms with Gasteiger partial charge in [0.05, 0.1) is 0 Å². The molecule has 16 heavy (non-hydrogen) atoms. The van der Waals surface area contributed by atoms with Crippen molar-refractivity contribution in [2.45, 2.75) is 33.1 Å². The third kappa shape index (κ3) is 2.25. The summed E-state index contributed by atoms with van der Waals surface area (Å²) in [6.45, 7) is 5.88. The van der Waals surface area contributed by atoms with Gasteiger partial charge in [0.2, 0.25) is 0 Å². The maximum absolute atomic E-state index is 11.2. The number of carboxylic acids is 1. The Bertz CT molecular complexity index is 435. The summed E-state index contributed by atoms with van der Waals surface area (Å²) in [5.74, 6) is -0.787. The summed E-state index contributed by atoms with van der Waals surface area (Å²) >= 11 is 6.30. The molecule has 1 heterocycles. The normalized spacial score (nSPS) is 10.8. The third-order valence-corrected chi connectivity index (χ3v) is 3.90. The van der Waals surface area contributed by atoms with Gasteiger partial charge in [-0.15, -0.1) is 11.3 Å². The minimum atomic E-state index is -0.897. The van der Waals surface area contributed by atoms with Gasteiger partial charge in [-0.2, -0.15) is 0 Å². The fourth-order valence-corrected chi connectivity index (χ4v) is 3.27. The summed E-state index contributed by atoms with van der Waals surface area (Å²) in [7, 11) is 0. The first kappa shape index (κ1) is 13.1. The molecule has 0 atom stereocenters. The maximum atomic E-state index is 11.2. The van der Waals surface area contributed by atoms with Crippen molar-refractivity contribution >= 4 is 34.5 Å². The van der Waals surface area contributed by atoms with Crippen LogP contribution < -0.4 is 5.73 Å². The molecule has 0 amide bonds. The van der Waals surface area contributed by atoms with Crippen molar-refractivity contribution < 1.29 is 9.90 Å². The van der Waals surface area contributed by atoms with E-state index in [1.165, 1.54) is 11.3 Å². The molecule has 0 radical (unpaired) electrons. The first-order valence-corrected chi connectivity index (χ1v) is 6.31.